The number of fused-ring (bicyclic) bond motifs is 1. The molecule has 0 aliphatic rings. The summed E-state index contributed by atoms with van der Waals surface area (Å²) in [5.74, 6) is 1.26. The summed E-state index contributed by atoms with van der Waals surface area (Å²) in [6, 6.07) is 11.6. The third-order valence-electron chi connectivity index (χ3n) is 4.41. The van der Waals surface area contributed by atoms with Gasteiger partial charge in [-0.2, -0.15) is 4.99 Å². The van der Waals surface area contributed by atoms with E-state index in [0.29, 0.717) is 23.7 Å². The molecule has 0 saturated carbocycles. The van der Waals surface area contributed by atoms with Gasteiger partial charge in [0.1, 0.15) is 11.5 Å². The van der Waals surface area contributed by atoms with E-state index in [9.17, 15) is 4.79 Å². The number of nitrogens with zero attached hydrogens (tertiary/aromatic N) is 2. The van der Waals surface area contributed by atoms with Gasteiger partial charge in [-0.1, -0.05) is 29.0 Å². The van der Waals surface area contributed by atoms with Crippen LogP contribution >= 0.6 is 11.3 Å². The first-order valence-corrected chi connectivity index (χ1v) is 9.74. The van der Waals surface area contributed by atoms with Gasteiger partial charge in [0.25, 0.3) is 5.91 Å². The Morgan fingerprint density at radius 2 is 1.93 bits per heavy atom. The number of amides is 1. The van der Waals surface area contributed by atoms with Crippen molar-refractivity contribution in [1.29, 1.82) is 0 Å². The molecule has 0 fully saturated rings. The molecule has 1 heterocycles. The van der Waals surface area contributed by atoms with Crippen LogP contribution in [0.1, 0.15) is 11.1 Å². The number of aromatic nitrogens is 1. The molecule has 7 heteroatoms. The average molecular weight is 401 g/mol. The van der Waals surface area contributed by atoms with Gasteiger partial charge < -0.3 is 18.8 Å². The first kappa shape index (κ1) is 20.1. The van der Waals surface area contributed by atoms with Crippen LogP contribution in [-0.4, -0.2) is 38.4 Å². The molecule has 3 rings (SSSR count). The normalized spacial score (nSPS) is 11.8. The topological polar surface area (TPSA) is 62.1 Å². The summed E-state index contributed by atoms with van der Waals surface area (Å²) in [5, 5.41) is 0. The lowest BCUT2D eigenvalue weighted by Gasteiger charge is -2.07. The minimum absolute atomic E-state index is 0.187. The number of carbonyl (C=O) groups is 1. The second-order valence-electron chi connectivity index (χ2n) is 6.36. The van der Waals surface area contributed by atoms with Crippen LogP contribution in [0.25, 0.3) is 10.2 Å². The molecule has 0 spiro atoms. The number of aryl methyl sites for hydroxylation is 1. The lowest BCUT2D eigenvalue weighted by Crippen LogP contribution is -2.19. The molecule has 0 bridgehead atoms. The zero-order chi connectivity index (χ0) is 20.1. The molecule has 1 aromatic heterocycles. The monoisotopic (exact) mass is 400 g/mol. The maximum Gasteiger partial charge on any atom is 0.252 e. The van der Waals surface area contributed by atoms with Crippen molar-refractivity contribution < 1.29 is 19.0 Å². The molecule has 148 valence electrons. The van der Waals surface area contributed by atoms with E-state index in [0.717, 1.165) is 27.1 Å². The number of benzene rings is 2. The van der Waals surface area contributed by atoms with Crippen LogP contribution in [0.3, 0.4) is 0 Å². The van der Waals surface area contributed by atoms with E-state index in [2.05, 4.69) is 4.99 Å². The van der Waals surface area contributed by atoms with Gasteiger partial charge in [-0.3, -0.25) is 4.79 Å². The number of methoxy groups -OCH3 is 3. The fraction of sp³-hybridized carbons (Fsp3) is 0.333. The van der Waals surface area contributed by atoms with Crippen LogP contribution in [0.4, 0.5) is 0 Å². The predicted molar refractivity (Wildman–Crippen MR) is 110 cm³/mol. The minimum atomic E-state index is -0.214. The van der Waals surface area contributed by atoms with Crippen LogP contribution < -0.4 is 14.3 Å². The SMILES string of the molecule is COCCn1c(=NC(=O)Cc2cc(C)ccc2OC)sc2cc(OC)ccc21. The zero-order valence-electron chi connectivity index (χ0n) is 16.5. The molecule has 0 radical (unpaired) electrons. The standard InChI is InChI=1S/C21H24N2O4S/c1-14-5-8-18(27-4)15(11-14)12-20(24)22-21-23(9-10-25-2)17-7-6-16(26-3)13-19(17)28-21/h5-8,11,13H,9-10,12H2,1-4H3. The van der Waals surface area contributed by atoms with Crippen LogP contribution in [0.5, 0.6) is 11.5 Å². The summed E-state index contributed by atoms with van der Waals surface area (Å²) < 4.78 is 18.9. The van der Waals surface area contributed by atoms with Crippen LogP contribution in [0.2, 0.25) is 0 Å². The van der Waals surface area contributed by atoms with E-state index in [1.807, 2.05) is 47.9 Å². The van der Waals surface area contributed by atoms with Crippen molar-refractivity contribution in [3.63, 3.8) is 0 Å². The lowest BCUT2D eigenvalue weighted by molar-refractivity contribution is -0.117. The van der Waals surface area contributed by atoms with Crippen molar-refractivity contribution in [2.45, 2.75) is 19.9 Å². The maximum atomic E-state index is 12.7. The Hall–Kier alpha value is -2.64. The van der Waals surface area contributed by atoms with Crippen molar-refractivity contribution >= 4 is 27.5 Å². The number of hydrogen-bond donors (Lipinski definition) is 0. The highest BCUT2D eigenvalue weighted by molar-refractivity contribution is 7.16. The van der Waals surface area contributed by atoms with Gasteiger partial charge in [-0.15, -0.1) is 0 Å². The molecule has 1 amide bonds. The minimum Gasteiger partial charge on any atom is -0.497 e. The Labute approximate surface area is 168 Å². The second kappa shape index (κ2) is 9.03. The third-order valence-corrected chi connectivity index (χ3v) is 5.45. The summed E-state index contributed by atoms with van der Waals surface area (Å²) >= 11 is 1.46. The second-order valence-corrected chi connectivity index (χ2v) is 7.37. The Morgan fingerprint density at radius 1 is 1.11 bits per heavy atom. The summed E-state index contributed by atoms with van der Waals surface area (Å²) in [4.78, 5) is 17.7. The molecule has 0 N–H and O–H groups in total. The molecule has 0 unspecified atom stereocenters. The van der Waals surface area contributed by atoms with Crippen molar-refractivity contribution in [2.24, 2.45) is 4.99 Å². The highest BCUT2D eigenvalue weighted by atomic mass is 32.1. The molecule has 2 aromatic carbocycles. The fourth-order valence-electron chi connectivity index (χ4n) is 3.02. The van der Waals surface area contributed by atoms with Crippen LogP contribution in [-0.2, 0) is 22.5 Å². The lowest BCUT2D eigenvalue weighted by atomic mass is 10.1. The molecular formula is C21H24N2O4S. The van der Waals surface area contributed by atoms with E-state index >= 15 is 0 Å². The molecule has 0 aliphatic carbocycles. The van der Waals surface area contributed by atoms with Gasteiger partial charge in [0.15, 0.2) is 4.80 Å². The quantitative estimate of drug-likeness (QED) is 0.610. The number of rotatable bonds is 7. The van der Waals surface area contributed by atoms with Gasteiger partial charge in [0.2, 0.25) is 0 Å². The number of ether oxygens (including phenoxy) is 3. The van der Waals surface area contributed by atoms with Gasteiger partial charge >= 0.3 is 0 Å². The average Bonchev–Trinajstić information content (AvgIpc) is 3.02. The van der Waals surface area contributed by atoms with Crippen LogP contribution in [0.15, 0.2) is 41.4 Å². The Morgan fingerprint density at radius 3 is 2.64 bits per heavy atom. The molecule has 28 heavy (non-hydrogen) atoms. The Bertz CT molecular complexity index is 1050. The van der Waals surface area contributed by atoms with Crippen LogP contribution in [0, 0.1) is 6.92 Å². The summed E-state index contributed by atoms with van der Waals surface area (Å²) in [5.41, 5.74) is 2.91. The zero-order valence-corrected chi connectivity index (χ0v) is 17.3. The van der Waals surface area contributed by atoms with Crippen molar-refractivity contribution in [3.8, 4) is 11.5 Å². The summed E-state index contributed by atoms with van der Waals surface area (Å²) in [6.07, 6.45) is 0.187. The molecular weight excluding hydrogens is 376 g/mol. The Balaban J connectivity index is 2.00. The van der Waals surface area contributed by atoms with Gasteiger partial charge in [0, 0.05) is 19.2 Å². The number of carbonyl (C=O) groups excluding carboxylic acids is 1. The molecule has 3 aromatic rings. The molecule has 0 saturated heterocycles. The van der Waals surface area contributed by atoms with Crippen molar-refractivity contribution in [2.75, 3.05) is 27.9 Å². The van der Waals surface area contributed by atoms with E-state index < -0.39 is 0 Å². The highest BCUT2D eigenvalue weighted by Gasteiger charge is 2.12. The maximum absolute atomic E-state index is 12.7. The van der Waals surface area contributed by atoms with Crippen molar-refractivity contribution in [3.05, 3.63) is 52.3 Å². The molecule has 0 aliphatic heterocycles. The van der Waals surface area contributed by atoms with Gasteiger partial charge in [-0.05, 0) is 31.2 Å². The van der Waals surface area contributed by atoms with E-state index in [1.165, 1.54) is 11.3 Å². The highest BCUT2D eigenvalue weighted by Crippen LogP contribution is 2.24. The largest absolute Gasteiger partial charge is 0.497 e. The van der Waals surface area contributed by atoms with E-state index in [1.54, 1.807) is 21.3 Å². The van der Waals surface area contributed by atoms with E-state index in [4.69, 9.17) is 14.2 Å². The van der Waals surface area contributed by atoms with E-state index in [-0.39, 0.29) is 12.3 Å². The number of hydrogen-bond acceptors (Lipinski definition) is 5. The molecule has 0 atom stereocenters. The Kier molecular flexibility index (Phi) is 6.49. The third kappa shape index (κ3) is 4.43. The first-order valence-electron chi connectivity index (χ1n) is 8.93. The summed E-state index contributed by atoms with van der Waals surface area (Å²) in [7, 11) is 4.90. The summed E-state index contributed by atoms with van der Waals surface area (Å²) in [6.45, 7) is 3.14. The smallest absolute Gasteiger partial charge is 0.252 e. The number of thiazole rings is 1. The molecule has 6 nitrogen and oxygen atoms in total. The van der Waals surface area contributed by atoms with Gasteiger partial charge in [-0.25, -0.2) is 0 Å². The van der Waals surface area contributed by atoms with Crippen molar-refractivity contribution in [1.82, 2.24) is 4.57 Å². The predicted octanol–water partition coefficient (Wildman–Crippen LogP) is 3.34. The first-order chi connectivity index (χ1) is 13.5. The fourth-order valence-corrected chi connectivity index (χ4v) is 4.12. The van der Waals surface area contributed by atoms with Gasteiger partial charge in [0.05, 0.1) is 37.5 Å².